The van der Waals surface area contributed by atoms with Gasteiger partial charge in [0.2, 0.25) is 0 Å². The topological polar surface area (TPSA) is 170 Å². The number of rotatable bonds is 25. The third-order valence-corrected chi connectivity index (χ3v) is 15.4. The number of nitrogens with zero attached hydrogens (tertiary/aromatic N) is 3. The minimum absolute atomic E-state index is 0.00710. The van der Waals surface area contributed by atoms with Crippen LogP contribution < -0.4 is 0 Å². The van der Waals surface area contributed by atoms with E-state index in [1.807, 2.05) is 30.4 Å². The van der Waals surface area contributed by atoms with Crippen molar-refractivity contribution < 1.29 is 43.2 Å². The molecule has 0 aliphatic carbocycles. The van der Waals surface area contributed by atoms with Crippen LogP contribution in [0.2, 0.25) is 18.1 Å². The summed E-state index contributed by atoms with van der Waals surface area (Å²) in [7, 11) is -2.27. The second kappa shape index (κ2) is 25.0. The number of ether oxygens (including phenoxy) is 4. The van der Waals surface area contributed by atoms with Crippen molar-refractivity contribution in [3.05, 3.63) is 94.4 Å². The Morgan fingerprint density at radius 2 is 1.47 bits per heavy atom. The molecule has 1 unspecified atom stereocenters. The molecule has 0 amide bonds. The van der Waals surface area contributed by atoms with Crippen molar-refractivity contribution in [2.45, 2.75) is 166 Å². The van der Waals surface area contributed by atoms with E-state index in [-0.39, 0.29) is 35.9 Å². The second-order valence-electron chi connectivity index (χ2n) is 16.5. The Hall–Kier alpha value is -3.55. The van der Waals surface area contributed by atoms with E-state index in [1.54, 1.807) is 42.5 Å². The van der Waals surface area contributed by atoms with Crippen LogP contribution in [0, 0.1) is 0 Å². The van der Waals surface area contributed by atoms with Gasteiger partial charge in [-0.25, -0.2) is 9.59 Å². The largest absolute Gasteiger partial charge is 0.459 e. The molecule has 57 heavy (non-hydrogen) atoms. The monoisotopic (exact) mass is 809 g/mol. The smallest absolute Gasteiger partial charge is 0.338 e. The van der Waals surface area contributed by atoms with Crippen molar-refractivity contribution in [3.63, 3.8) is 0 Å². The molecule has 3 rings (SSSR count). The Morgan fingerprint density at radius 3 is 2.07 bits per heavy atom. The molecule has 0 spiro atoms. The number of azide groups is 1. The number of aliphatic hydroxyl groups excluding tert-OH is 2. The molecule has 1 fully saturated rings. The zero-order valence-electron chi connectivity index (χ0n) is 35.0. The lowest BCUT2D eigenvalue weighted by Gasteiger charge is -2.44. The maximum Gasteiger partial charge on any atom is 0.338 e. The van der Waals surface area contributed by atoms with Crippen molar-refractivity contribution >= 4 is 20.3 Å². The maximum absolute atomic E-state index is 13.0. The highest BCUT2D eigenvalue weighted by Crippen LogP contribution is 2.37. The van der Waals surface area contributed by atoms with E-state index in [0.717, 1.165) is 19.3 Å². The molecule has 7 atom stereocenters. The van der Waals surface area contributed by atoms with Crippen LogP contribution in [0.25, 0.3) is 10.4 Å². The van der Waals surface area contributed by atoms with Crippen molar-refractivity contribution in [2.24, 2.45) is 5.11 Å². The Morgan fingerprint density at radius 1 is 0.877 bits per heavy atom. The number of benzene rings is 2. The number of allylic oxidation sites excluding steroid dienone is 1. The van der Waals surface area contributed by atoms with Gasteiger partial charge in [-0.1, -0.05) is 126 Å². The number of unbranched alkanes of at least 4 members (excludes halogenated alkanes) is 7. The van der Waals surface area contributed by atoms with Crippen LogP contribution in [0.4, 0.5) is 0 Å². The molecule has 316 valence electrons. The number of hydrogen-bond acceptors (Lipinski definition) is 10. The molecule has 1 aliphatic rings. The standard InChI is InChI=1S/C44H67N3O9Si/c1-7-8-9-10-11-12-13-22-29-36(54-41(50)33-24-17-14-18-25-33)30-23-16-21-28-35(46-47-45)31-52-43-39(49)40(56-42(51)34-26-19-15-20-27-34)38(48)37(55-43)32-53-57(5,6)44(2,3)4/h14-21,24-27,35-40,43,48-49H,7-13,22-23,28-32H2,1-6H3/t35-,36?,37+,38+,39-,40+,43-/m0/s1. The zero-order valence-corrected chi connectivity index (χ0v) is 36.0. The molecule has 2 aromatic rings. The SMILES string of the molecule is CCCCCCCCCCC(CCC=CC[C@@H](CO[C@H]1O[C@H](CO[Si](C)(C)C(C)(C)C)[C@@H](O)[C@@H](OC(=O)c2ccccc2)[C@@H]1O)N=[N+]=[N-])OC(=O)c1ccccc1. The highest BCUT2D eigenvalue weighted by atomic mass is 28.4. The van der Waals surface area contributed by atoms with E-state index in [2.05, 4.69) is 50.8 Å². The zero-order chi connectivity index (χ0) is 41.7. The van der Waals surface area contributed by atoms with Gasteiger partial charge in [-0.3, -0.25) is 0 Å². The Kier molecular flexibility index (Phi) is 21.0. The van der Waals surface area contributed by atoms with Gasteiger partial charge in [0.15, 0.2) is 20.7 Å². The Bertz CT molecular complexity index is 1530. The van der Waals surface area contributed by atoms with Gasteiger partial charge < -0.3 is 33.6 Å². The fraction of sp³-hybridized carbons (Fsp3) is 0.636. The van der Waals surface area contributed by atoms with E-state index >= 15 is 0 Å². The summed E-state index contributed by atoms with van der Waals surface area (Å²) in [4.78, 5) is 28.9. The molecule has 2 aromatic carbocycles. The fourth-order valence-corrected chi connectivity index (χ4v) is 7.25. The molecule has 0 saturated carbocycles. The summed E-state index contributed by atoms with van der Waals surface area (Å²) >= 11 is 0. The van der Waals surface area contributed by atoms with Gasteiger partial charge in [0, 0.05) is 4.91 Å². The summed E-state index contributed by atoms with van der Waals surface area (Å²) in [5.74, 6) is -1.04. The number of carbonyl (C=O) groups excluding carboxylic acids is 2. The van der Waals surface area contributed by atoms with E-state index in [9.17, 15) is 25.3 Å². The van der Waals surface area contributed by atoms with Gasteiger partial charge in [0.05, 0.1) is 30.4 Å². The third kappa shape index (κ3) is 16.7. The second-order valence-corrected chi connectivity index (χ2v) is 21.3. The predicted octanol–water partition coefficient (Wildman–Crippen LogP) is 9.86. The normalized spacial score (nSPS) is 21.1. The molecular formula is C44H67N3O9Si. The predicted molar refractivity (Wildman–Crippen MR) is 224 cm³/mol. The average Bonchev–Trinajstić information content (AvgIpc) is 3.19. The van der Waals surface area contributed by atoms with E-state index in [0.29, 0.717) is 24.8 Å². The summed E-state index contributed by atoms with van der Waals surface area (Å²) in [6.07, 6.45) is 9.05. The summed E-state index contributed by atoms with van der Waals surface area (Å²) in [6, 6.07) is 16.7. The first-order valence-electron chi connectivity index (χ1n) is 20.8. The molecule has 0 aromatic heterocycles. The minimum atomic E-state index is -2.27. The molecule has 13 heteroatoms. The lowest BCUT2D eigenvalue weighted by atomic mass is 9.99. The number of esters is 2. The molecule has 1 aliphatic heterocycles. The summed E-state index contributed by atoms with van der Waals surface area (Å²) < 4.78 is 30.0. The summed E-state index contributed by atoms with van der Waals surface area (Å²) in [5, 5.41) is 26.4. The first-order valence-corrected chi connectivity index (χ1v) is 23.7. The van der Waals surface area contributed by atoms with Gasteiger partial charge in [-0.05, 0) is 80.0 Å². The van der Waals surface area contributed by atoms with Gasteiger partial charge in [-0.2, -0.15) is 0 Å². The van der Waals surface area contributed by atoms with Crippen molar-refractivity contribution in [3.8, 4) is 0 Å². The van der Waals surface area contributed by atoms with Crippen LogP contribution in [0.3, 0.4) is 0 Å². The van der Waals surface area contributed by atoms with Crippen LogP contribution in [0.5, 0.6) is 0 Å². The van der Waals surface area contributed by atoms with Gasteiger partial charge >= 0.3 is 11.9 Å². The number of aliphatic hydroxyl groups is 2. The summed E-state index contributed by atoms with van der Waals surface area (Å²) in [5.41, 5.74) is 10.1. The number of hydrogen-bond donors (Lipinski definition) is 2. The van der Waals surface area contributed by atoms with E-state index < -0.39 is 51.0 Å². The fourth-order valence-electron chi connectivity index (χ4n) is 6.23. The van der Waals surface area contributed by atoms with Crippen molar-refractivity contribution in [1.82, 2.24) is 0 Å². The van der Waals surface area contributed by atoms with Crippen molar-refractivity contribution in [2.75, 3.05) is 13.2 Å². The molecule has 0 bridgehead atoms. The maximum atomic E-state index is 13.0. The van der Waals surface area contributed by atoms with Crippen molar-refractivity contribution in [1.29, 1.82) is 0 Å². The molecule has 2 N–H and O–H groups in total. The molecule has 12 nitrogen and oxygen atoms in total. The van der Waals surface area contributed by atoms with Crippen LogP contribution in [-0.4, -0.2) is 86.5 Å². The van der Waals surface area contributed by atoms with Crippen LogP contribution >= 0.6 is 0 Å². The molecular weight excluding hydrogens is 743 g/mol. The number of carbonyl (C=O) groups is 2. The first kappa shape index (κ1) is 47.8. The first-order chi connectivity index (χ1) is 27.3. The van der Waals surface area contributed by atoms with Crippen LogP contribution in [0.15, 0.2) is 77.9 Å². The van der Waals surface area contributed by atoms with E-state index in [4.69, 9.17) is 23.4 Å². The van der Waals surface area contributed by atoms with Gasteiger partial charge in [0.1, 0.15) is 24.4 Å². The van der Waals surface area contributed by atoms with Crippen LogP contribution in [0.1, 0.15) is 125 Å². The minimum Gasteiger partial charge on any atom is -0.459 e. The molecule has 1 saturated heterocycles. The lowest BCUT2D eigenvalue weighted by Crippen LogP contribution is -2.61. The Balaban J connectivity index is 1.61. The highest BCUT2D eigenvalue weighted by molar-refractivity contribution is 6.74. The van der Waals surface area contributed by atoms with Crippen LogP contribution in [-0.2, 0) is 23.4 Å². The lowest BCUT2D eigenvalue weighted by molar-refractivity contribution is -0.300. The third-order valence-electron chi connectivity index (χ3n) is 10.9. The van der Waals surface area contributed by atoms with E-state index in [1.165, 1.54) is 38.5 Å². The quantitative estimate of drug-likeness (QED) is 0.0189. The summed E-state index contributed by atoms with van der Waals surface area (Å²) in [6.45, 7) is 12.5. The highest BCUT2D eigenvalue weighted by Gasteiger charge is 2.49. The Labute approximate surface area is 341 Å². The van der Waals surface area contributed by atoms with Gasteiger partial charge in [0.25, 0.3) is 0 Å². The molecule has 0 radical (unpaired) electrons. The molecule has 1 heterocycles. The van der Waals surface area contributed by atoms with Gasteiger partial charge in [-0.15, -0.1) is 0 Å². The average molecular weight is 810 g/mol.